The Hall–Kier alpha value is -2.04. The van der Waals surface area contributed by atoms with E-state index >= 15 is 0 Å². The third-order valence-electron chi connectivity index (χ3n) is 2.91. The molecule has 1 rings (SSSR count). The Morgan fingerprint density at radius 3 is 2.40 bits per heavy atom. The van der Waals surface area contributed by atoms with E-state index in [2.05, 4.69) is 0 Å². The molecule has 1 atom stereocenters. The number of carboxylic acids is 1. The maximum atomic E-state index is 11.8. The van der Waals surface area contributed by atoms with Gasteiger partial charge in [-0.25, -0.2) is 4.79 Å². The fourth-order valence-electron chi connectivity index (χ4n) is 1.96. The van der Waals surface area contributed by atoms with Gasteiger partial charge in [-0.05, 0) is 38.0 Å². The molecule has 5 heteroatoms. The van der Waals surface area contributed by atoms with E-state index in [1.807, 2.05) is 0 Å². The van der Waals surface area contributed by atoms with Gasteiger partial charge in [-0.3, -0.25) is 4.79 Å². The van der Waals surface area contributed by atoms with Crippen LogP contribution in [0.1, 0.15) is 49.0 Å². The Morgan fingerprint density at radius 1 is 1.20 bits per heavy atom. The molecule has 0 radical (unpaired) electrons. The quantitative estimate of drug-likeness (QED) is 0.777. The van der Waals surface area contributed by atoms with Crippen LogP contribution in [0.2, 0.25) is 0 Å². The lowest BCUT2D eigenvalue weighted by molar-refractivity contribution is -0.138. The van der Waals surface area contributed by atoms with Gasteiger partial charge in [0.25, 0.3) is 0 Å². The van der Waals surface area contributed by atoms with Crippen LogP contribution in [0.25, 0.3) is 0 Å². The van der Waals surface area contributed by atoms with E-state index in [4.69, 9.17) is 9.47 Å². The van der Waals surface area contributed by atoms with Gasteiger partial charge >= 0.3 is 11.9 Å². The van der Waals surface area contributed by atoms with Crippen LogP contribution in [0.5, 0.6) is 5.75 Å². The molecule has 5 nitrogen and oxygen atoms in total. The summed E-state index contributed by atoms with van der Waals surface area (Å²) in [7, 11) is 0. The van der Waals surface area contributed by atoms with Gasteiger partial charge in [0.1, 0.15) is 11.3 Å². The molecule has 0 amide bonds. The number of aliphatic carboxylic acids is 1. The normalized spacial score (nSPS) is 11.8. The van der Waals surface area contributed by atoms with Crippen molar-refractivity contribution >= 4 is 11.9 Å². The van der Waals surface area contributed by atoms with E-state index in [1.165, 1.54) is 0 Å². The second-order valence-corrected chi connectivity index (χ2v) is 4.21. The third-order valence-corrected chi connectivity index (χ3v) is 2.91. The van der Waals surface area contributed by atoms with Gasteiger partial charge in [0.2, 0.25) is 0 Å². The zero-order valence-electron chi connectivity index (χ0n) is 12.0. The van der Waals surface area contributed by atoms with Crippen molar-refractivity contribution in [3.8, 4) is 5.75 Å². The van der Waals surface area contributed by atoms with Gasteiger partial charge in [0.15, 0.2) is 0 Å². The minimum atomic E-state index is -0.890. The molecule has 0 aromatic heterocycles. The van der Waals surface area contributed by atoms with Crippen molar-refractivity contribution < 1.29 is 24.2 Å². The molecule has 1 unspecified atom stereocenters. The van der Waals surface area contributed by atoms with Crippen LogP contribution in [0, 0.1) is 0 Å². The van der Waals surface area contributed by atoms with Crippen molar-refractivity contribution in [1.29, 1.82) is 0 Å². The highest BCUT2D eigenvalue weighted by molar-refractivity contribution is 5.93. The van der Waals surface area contributed by atoms with E-state index in [9.17, 15) is 14.7 Å². The summed E-state index contributed by atoms with van der Waals surface area (Å²) >= 11 is 0. The summed E-state index contributed by atoms with van der Waals surface area (Å²) in [5, 5.41) is 9.18. The Labute approximate surface area is 118 Å². The first-order chi connectivity index (χ1) is 9.54. The summed E-state index contributed by atoms with van der Waals surface area (Å²) in [6.45, 7) is 6.00. The molecule has 0 aliphatic rings. The van der Waals surface area contributed by atoms with Gasteiger partial charge < -0.3 is 14.6 Å². The van der Waals surface area contributed by atoms with Crippen LogP contribution in [-0.2, 0) is 9.53 Å². The monoisotopic (exact) mass is 280 g/mol. The number of ether oxygens (including phenoxy) is 2. The number of hydrogen-bond donors (Lipinski definition) is 1. The van der Waals surface area contributed by atoms with E-state index in [1.54, 1.807) is 39.0 Å². The number of carbonyl (C=O) groups excluding carboxylic acids is 1. The van der Waals surface area contributed by atoms with Crippen molar-refractivity contribution in [3.63, 3.8) is 0 Å². The fourth-order valence-corrected chi connectivity index (χ4v) is 1.96. The molecule has 0 fully saturated rings. The topological polar surface area (TPSA) is 72.8 Å². The molecular formula is C15H20O5. The molecule has 20 heavy (non-hydrogen) atoms. The number of rotatable bonds is 7. The number of hydrogen-bond acceptors (Lipinski definition) is 4. The third kappa shape index (κ3) is 3.73. The SMILES string of the molecule is CCOC(=O)c1ccc(C(CC)C(=O)O)cc1OCC. The molecule has 110 valence electrons. The van der Waals surface area contributed by atoms with Crippen molar-refractivity contribution in [2.45, 2.75) is 33.1 Å². The second kappa shape index (κ2) is 7.53. The molecule has 0 heterocycles. The average molecular weight is 280 g/mol. The zero-order valence-corrected chi connectivity index (χ0v) is 12.0. The van der Waals surface area contributed by atoms with E-state index in [0.29, 0.717) is 29.9 Å². The summed E-state index contributed by atoms with van der Waals surface area (Å²) in [6, 6.07) is 4.80. The Balaban J connectivity index is 3.18. The summed E-state index contributed by atoms with van der Waals surface area (Å²) in [5.74, 6) is -1.60. The Bertz CT molecular complexity index is 481. The molecule has 1 N–H and O–H groups in total. The first kappa shape index (κ1) is 16.0. The van der Waals surface area contributed by atoms with Crippen LogP contribution < -0.4 is 4.74 Å². The van der Waals surface area contributed by atoms with Crippen molar-refractivity contribution in [1.82, 2.24) is 0 Å². The van der Waals surface area contributed by atoms with Gasteiger partial charge in [-0.1, -0.05) is 13.0 Å². The lowest BCUT2D eigenvalue weighted by Crippen LogP contribution is -2.13. The Morgan fingerprint density at radius 2 is 1.90 bits per heavy atom. The zero-order chi connectivity index (χ0) is 15.1. The number of carboxylic acid groups (broad SMARTS) is 1. The van der Waals surface area contributed by atoms with E-state index in [0.717, 1.165) is 0 Å². The molecule has 1 aromatic rings. The molecule has 0 bridgehead atoms. The summed E-state index contributed by atoms with van der Waals surface area (Å²) < 4.78 is 10.4. The smallest absolute Gasteiger partial charge is 0.341 e. The molecular weight excluding hydrogens is 260 g/mol. The van der Waals surface area contributed by atoms with E-state index in [-0.39, 0.29) is 6.61 Å². The number of esters is 1. The maximum absolute atomic E-state index is 11.8. The summed E-state index contributed by atoms with van der Waals surface area (Å²) in [5.41, 5.74) is 0.939. The van der Waals surface area contributed by atoms with Crippen LogP contribution in [-0.4, -0.2) is 30.3 Å². The molecule has 1 aromatic carbocycles. The van der Waals surface area contributed by atoms with Crippen LogP contribution in [0.4, 0.5) is 0 Å². The van der Waals surface area contributed by atoms with Gasteiger partial charge in [-0.15, -0.1) is 0 Å². The van der Waals surface area contributed by atoms with Gasteiger partial charge in [0, 0.05) is 0 Å². The second-order valence-electron chi connectivity index (χ2n) is 4.21. The highest BCUT2D eigenvalue weighted by Crippen LogP contribution is 2.28. The molecule has 0 aliphatic carbocycles. The predicted octanol–water partition coefficient (Wildman–Crippen LogP) is 2.84. The molecule has 0 aliphatic heterocycles. The predicted molar refractivity (Wildman–Crippen MR) is 74.2 cm³/mol. The molecule has 0 spiro atoms. The van der Waals surface area contributed by atoms with Crippen LogP contribution >= 0.6 is 0 Å². The van der Waals surface area contributed by atoms with Gasteiger partial charge in [0.05, 0.1) is 19.1 Å². The molecule has 0 saturated heterocycles. The highest BCUT2D eigenvalue weighted by Gasteiger charge is 2.21. The highest BCUT2D eigenvalue weighted by atomic mass is 16.5. The average Bonchev–Trinajstić information content (AvgIpc) is 2.40. The summed E-state index contributed by atoms with van der Waals surface area (Å²) in [6.07, 6.45) is 0.472. The number of carbonyl (C=O) groups is 2. The fraction of sp³-hybridized carbons (Fsp3) is 0.467. The number of benzene rings is 1. The summed E-state index contributed by atoms with van der Waals surface area (Å²) in [4.78, 5) is 23.0. The molecule has 0 saturated carbocycles. The van der Waals surface area contributed by atoms with Crippen molar-refractivity contribution in [2.75, 3.05) is 13.2 Å². The van der Waals surface area contributed by atoms with Crippen molar-refractivity contribution in [3.05, 3.63) is 29.3 Å². The van der Waals surface area contributed by atoms with Crippen LogP contribution in [0.3, 0.4) is 0 Å². The standard InChI is InChI=1S/C15H20O5/c1-4-11(14(16)17)10-7-8-12(15(18)20-6-3)13(9-10)19-5-2/h7-9,11H,4-6H2,1-3H3,(H,16,17). The first-order valence-corrected chi connectivity index (χ1v) is 6.71. The van der Waals surface area contributed by atoms with Crippen LogP contribution in [0.15, 0.2) is 18.2 Å². The lowest BCUT2D eigenvalue weighted by Gasteiger charge is -2.14. The van der Waals surface area contributed by atoms with Gasteiger partial charge in [-0.2, -0.15) is 0 Å². The maximum Gasteiger partial charge on any atom is 0.341 e. The Kier molecular flexibility index (Phi) is 6.03. The first-order valence-electron chi connectivity index (χ1n) is 6.71. The minimum Gasteiger partial charge on any atom is -0.493 e. The minimum absolute atomic E-state index is 0.277. The van der Waals surface area contributed by atoms with Crippen molar-refractivity contribution in [2.24, 2.45) is 0 Å². The van der Waals surface area contributed by atoms with E-state index < -0.39 is 17.9 Å². The lowest BCUT2D eigenvalue weighted by atomic mass is 9.95. The largest absolute Gasteiger partial charge is 0.493 e.